The second-order valence-electron chi connectivity index (χ2n) is 2.15. The summed E-state index contributed by atoms with van der Waals surface area (Å²) in [5.74, 6) is -0.860. The second-order valence-corrected chi connectivity index (χ2v) is 5.37. The molecule has 4 N–H and O–H groups in total. The molecule has 0 aliphatic heterocycles. The highest BCUT2D eigenvalue weighted by Gasteiger charge is 2.21. The van der Waals surface area contributed by atoms with E-state index in [0.717, 1.165) is 17.4 Å². The fourth-order valence-corrected chi connectivity index (χ4v) is 2.96. The van der Waals surface area contributed by atoms with Crippen molar-refractivity contribution in [2.24, 2.45) is 10.9 Å². The van der Waals surface area contributed by atoms with Crippen LogP contribution >= 0.6 is 22.9 Å². The van der Waals surface area contributed by atoms with E-state index in [4.69, 9.17) is 22.5 Å². The maximum absolute atomic E-state index is 10.9. The Labute approximate surface area is 83.3 Å². The van der Waals surface area contributed by atoms with Gasteiger partial charge in [0.25, 0.3) is 5.91 Å². The summed E-state index contributed by atoms with van der Waals surface area (Å²) in [5, 5.41) is 4.82. The summed E-state index contributed by atoms with van der Waals surface area (Å²) < 4.78 is 21.9. The van der Waals surface area contributed by atoms with Crippen molar-refractivity contribution in [1.29, 1.82) is 0 Å². The molecule has 0 unspecified atom stereocenters. The van der Waals surface area contributed by atoms with E-state index in [1.54, 1.807) is 0 Å². The normalized spacial score (nSPS) is 11.5. The molecule has 0 atom stereocenters. The molecule has 1 aromatic rings. The van der Waals surface area contributed by atoms with Gasteiger partial charge in [0.2, 0.25) is 10.0 Å². The van der Waals surface area contributed by atoms with Gasteiger partial charge in [-0.15, -0.1) is 11.3 Å². The van der Waals surface area contributed by atoms with E-state index in [1.165, 1.54) is 0 Å². The van der Waals surface area contributed by atoms with E-state index >= 15 is 0 Å². The molecule has 13 heavy (non-hydrogen) atoms. The Morgan fingerprint density at radius 3 is 2.38 bits per heavy atom. The van der Waals surface area contributed by atoms with Crippen molar-refractivity contribution in [3.8, 4) is 0 Å². The summed E-state index contributed by atoms with van der Waals surface area (Å²) >= 11 is 6.29. The summed E-state index contributed by atoms with van der Waals surface area (Å²) in [4.78, 5) is 10.3. The number of halogens is 1. The second kappa shape index (κ2) is 3.26. The minimum atomic E-state index is -3.93. The van der Waals surface area contributed by atoms with Gasteiger partial charge in [-0.3, -0.25) is 4.79 Å². The van der Waals surface area contributed by atoms with Crippen molar-refractivity contribution in [1.82, 2.24) is 0 Å². The summed E-state index contributed by atoms with van der Waals surface area (Å²) in [6.45, 7) is 0. The number of primary sulfonamides is 1. The third-order valence-corrected chi connectivity index (χ3v) is 3.54. The molecule has 1 amide bonds. The maximum Gasteiger partial charge on any atom is 0.260 e. The van der Waals surface area contributed by atoms with E-state index in [1.807, 2.05) is 0 Å². The van der Waals surface area contributed by atoms with Crippen molar-refractivity contribution >= 4 is 38.9 Å². The van der Waals surface area contributed by atoms with Crippen molar-refractivity contribution < 1.29 is 13.2 Å². The Morgan fingerprint density at radius 2 is 2.08 bits per heavy atom. The van der Waals surface area contributed by atoms with Gasteiger partial charge in [0.1, 0.15) is 9.77 Å². The molecule has 0 bridgehead atoms. The predicted octanol–water partition coefficient (Wildman–Crippen LogP) is 0.148. The molecule has 0 aliphatic carbocycles. The standard InChI is InChI=1S/C5H5ClN2O3S2/c6-3-1-2(13(8,10)11)4(12-3)5(7)9/h1H,(H2,7,9)(H2,8,10,11). The zero-order valence-corrected chi connectivity index (χ0v) is 8.54. The molecule has 72 valence electrons. The Bertz CT molecular complexity index is 450. The van der Waals surface area contributed by atoms with Gasteiger partial charge in [0, 0.05) is 0 Å². The quantitative estimate of drug-likeness (QED) is 0.769. The van der Waals surface area contributed by atoms with E-state index < -0.39 is 15.9 Å². The van der Waals surface area contributed by atoms with Gasteiger partial charge in [-0.2, -0.15) is 0 Å². The Balaban J connectivity index is 3.46. The Kier molecular flexibility index (Phi) is 2.62. The van der Waals surface area contributed by atoms with Crippen LogP contribution in [0.3, 0.4) is 0 Å². The third-order valence-electron chi connectivity index (χ3n) is 1.20. The molecule has 0 saturated carbocycles. The van der Waals surface area contributed by atoms with Crippen LogP contribution in [0.15, 0.2) is 11.0 Å². The van der Waals surface area contributed by atoms with Crippen LogP contribution in [0.25, 0.3) is 0 Å². The molecule has 1 rings (SSSR count). The van der Waals surface area contributed by atoms with Gasteiger partial charge < -0.3 is 5.73 Å². The van der Waals surface area contributed by atoms with E-state index in [0.29, 0.717) is 0 Å². The summed E-state index contributed by atoms with van der Waals surface area (Å²) in [7, 11) is -3.93. The first-order valence-corrected chi connectivity index (χ1v) is 5.68. The van der Waals surface area contributed by atoms with Crippen LogP contribution in [0.1, 0.15) is 9.67 Å². The minimum Gasteiger partial charge on any atom is -0.365 e. The lowest BCUT2D eigenvalue weighted by atomic mass is 10.4. The molecular weight excluding hydrogens is 236 g/mol. The number of sulfonamides is 1. The van der Waals surface area contributed by atoms with Crippen LogP contribution < -0.4 is 10.9 Å². The molecule has 1 heterocycles. The first-order chi connectivity index (χ1) is 5.82. The van der Waals surface area contributed by atoms with Crippen molar-refractivity contribution in [3.05, 3.63) is 15.3 Å². The maximum atomic E-state index is 10.9. The van der Waals surface area contributed by atoms with Gasteiger partial charge in [-0.25, -0.2) is 13.6 Å². The van der Waals surface area contributed by atoms with Crippen LogP contribution in [0.2, 0.25) is 4.34 Å². The number of hydrogen-bond acceptors (Lipinski definition) is 4. The smallest absolute Gasteiger partial charge is 0.260 e. The molecule has 0 aliphatic rings. The van der Waals surface area contributed by atoms with Gasteiger partial charge in [0.05, 0.1) is 4.34 Å². The highest BCUT2D eigenvalue weighted by Crippen LogP contribution is 2.28. The number of hydrogen-bond donors (Lipinski definition) is 2. The van der Waals surface area contributed by atoms with Crippen LogP contribution in [0.5, 0.6) is 0 Å². The van der Waals surface area contributed by atoms with Gasteiger partial charge in [0.15, 0.2) is 0 Å². The summed E-state index contributed by atoms with van der Waals surface area (Å²) in [6, 6.07) is 1.10. The molecule has 0 spiro atoms. The number of thiophene rings is 1. The molecular formula is C5H5ClN2O3S2. The van der Waals surface area contributed by atoms with Gasteiger partial charge in [-0.1, -0.05) is 11.6 Å². The fraction of sp³-hybridized carbons (Fsp3) is 0. The highest BCUT2D eigenvalue weighted by atomic mass is 35.5. The minimum absolute atomic E-state index is 0.146. The molecule has 1 aromatic heterocycles. The van der Waals surface area contributed by atoms with E-state index in [2.05, 4.69) is 0 Å². The molecule has 0 saturated heterocycles. The van der Waals surface area contributed by atoms with Crippen LogP contribution in [0, 0.1) is 0 Å². The third kappa shape index (κ3) is 2.19. The van der Waals surface area contributed by atoms with E-state index in [-0.39, 0.29) is 14.1 Å². The van der Waals surface area contributed by atoms with Crippen LogP contribution in [0.4, 0.5) is 0 Å². The topological polar surface area (TPSA) is 103 Å². The van der Waals surface area contributed by atoms with Gasteiger partial charge >= 0.3 is 0 Å². The molecule has 5 nitrogen and oxygen atoms in total. The average molecular weight is 241 g/mol. The Hall–Kier alpha value is -0.630. The Morgan fingerprint density at radius 1 is 1.54 bits per heavy atom. The number of rotatable bonds is 2. The average Bonchev–Trinajstić information content (AvgIpc) is 2.29. The van der Waals surface area contributed by atoms with E-state index in [9.17, 15) is 13.2 Å². The van der Waals surface area contributed by atoms with Crippen molar-refractivity contribution in [3.63, 3.8) is 0 Å². The predicted molar refractivity (Wildman–Crippen MR) is 49.2 cm³/mol. The molecule has 0 radical (unpaired) electrons. The lowest BCUT2D eigenvalue weighted by Crippen LogP contribution is -2.18. The van der Waals surface area contributed by atoms with Crippen molar-refractivity contribution in [2.75, 3.05) is 0 Å². The highest BCUT2D eigenvalue weighted by molar-refractivity contribution is 7.89. The zero-order valence-electron chi connectivity index (χ0n) is 6.15. The monoisotopic (exact) mass is 240 g/mol. The summed E-state index contributed by atoms with van der Waals surface area (Å²) in [6.07, 6.45) is 0. The zero-order chi connectivity index (χ0) is 10.2. The van der Waals surface area contributed by atoms with Crippen molar-refractivity contribution in [2.45, 2.75) is 4.90 Å². The first kappa shape index (κ1) is 10.5. The molecule has 0 aromatic carbocycles. The fourth-order valence-electron chi connectivity index (χ4n) is 0.729. The summed E-state index contributed by atoms with van der Waals surface area (Å²) in [5.41, 5.74) is 4.92. The van der Waals surface area contributed by atoms with Crippen LogP contribution in [-0.2, 0) is 10.0 Å². The van der Waals surface area contributed by atoms with Crippen LogP contribution in [-0.4, -0.2) is 14.3 Å². The number of nitrogens with two attached hydrogens (primary N) is 2. The molecule has 0 fully saturated rings. The molecule has 8 heteroatoms. The number of primary amides is 1. The lowest BCUT2D eigenvalue weighted by molar-refractivity contribution is 0.100. The lowest BCUT2D eigenvalue weighted by Gasteiger charge is -1.94. The number of carbonyl (C=O) groups is 1. The SMILES string of the molecule is NC(=O)c1sc(Cl)cc1S(N)(=O)=O. The first-order valence-electron chi connectivity index (χ1n) is 2.94. The number of amides is 1. The van der Waals surface area contributed by atoms with Gasteiger partial charge in [-0.05, 0) is 6.07 Å². The number of carbonyl (C=O) groups excluding carboxylic acids is 1. The largest absolute Gasteiger partial charge is 0.365 e.